The van der Waals surface area contributed by atoms with E-state index in [4.69, 9.17) is 0 Å². The summed E-state index contributed by atoms with van der Waals surface area (Å²) in [7, 11) is 0. The van der Waals surface area contributed by atoms with Crippen LogP contribution in [0, 0.1) is 0 Å². The number of carbonyl (C=O) groups is 1. The number of hydrogen-bond acceptors (Lipinski definition) is 4. The van der Waals surface area contributed by atoms with Gasteiger partial charge in [0, 0.05) is 0 Å². The van der Waals surface area contributed by atoms with E-state index in [-0.39, 0.29) is 22.8 Å². The van der Waals surface area contributed by atoms with Gasteiger partial charge in [0.05, 0.1) is 5.56 Å². The fraction of sp³-hybridized carbons (Fsp3) is 0.0833. The third-order valence-electron chi connectivity index (χ3n) is 2.32. The van der Waals surface area contributed by atoms with Gasteiger partial charge in [0.15, 0.2) is 17.3 Å². The third kappa shape index (κ3) is 1.79. The molecule has 0 amide bonds. The van der Waals surface area contributed by atoms with E-state index in [1.165, 1.54) is 24.3 Å². The molecule has 0 unspecified atom stereocenters. The van der Waals surface area contributed by atoms with Crippen molar-refractivity contribution < 1.29 is 15.0 Å². The number of rotatable bonds is 2. The molecule has 0 radical (unpaired) electrons. The van der Waals surface area contributed by atoms with Gasteiger partial charge in [0.1, 0.15) is 0 Å². The Bertz CT molecular complexity index is 529. The smallest absolute Gasteiger partial charge is 0.168 e. The second-order valence-electron chi connectivity index (χ2n) is 3.46. The highest BCUT2D eigenvalue weighted by molar-refractivity contribution is 7.08. The fourth-order valence-corrected chi connectivity index (χ4v) is 2.15. The number of thiophene rings is 1. The summed E-state index contributed by atoms with van der Waals surface area (Å²) >= 11 is 1.53. The normalized spacial score (nSPS) is 10.3. The van der Waals surface area contributed by atoms with E-state index in [2.05, 4.69) is 0 Å². The van der Waals surface area contributed by atoms with Crippen molar-refractivity contribution >= 4 is 17.1 Å². The first-order chi connectivity index (χ1) is 7.59. The van der Waals surface area contributed by atoms with Gasteiger partial charge in [0.25, 0.3) is 0 Å². The highest BCUT2D eigenvalue weighted by Gasteiger charge is 2.13. The molecule has 2 aromatic rings. The number of phenolic OH excluding ortho intramolecular Hbond substituents is 2. The Morgan fingerprint density at radius 2 is 2.00 bits per heavy atom. The lowest BCUT2D eigenvalue weighted by molar-refractivity contribution is 0.101. The molecule has 82 valence electrons. The zero-order valence-electron chi connectivity index (χ0n) is 8.60. The molecule has 0 atom stereocenters. The topological polar surface area (TPSA) is 57.5 Å². The van der Waals surface area contributed by atoms with Crippen LogP contribution in [0.2, 0.25) is 0 Å². The van der Waals surface area contributed by atoms with Crippen LogP contribution in [0.1, 0.15) is 17.3 Å². The SMILES string of the molecule is CC(=O)c1cc(-c2ccsc2)cc(O)c1O. The molecular weight excluding hydrogens is 224 g/mol. The lowest BCUT2D eigenvalue weighted by Crippen LogP contribution is -1.93. The largest absolute Gasteiger partial charge is 0.504 e. The van der Waals surface area contributed by atoms with Gasteiger partial charge in [0.2, 0.25) is 0 Å². The minimum absolute atomic E-state index is 0.140. The molecule has 1 heterocycles. The van der Waals surface area contributed by atoms with Crippen molar-refractivity contribution in [3.05, 3.63) is 34.5 Å². The Hall–Kier alpha value is -1.81. The first-order valence-corrected chi connectivity index (χ1v) is 5.63. The Morgan fingerprint density at radius 1 is 1.25 bits per heavy atom. The molecule has 3 nitrogen and oxygen atoms in total. The van der Waals surface area contributed by atoms with E-state index in [1.807, 2.05) is 16.8 Å². The average molecular weight is 234 g/mol. The predicted octanol–water partition coefficient (Wildman–Crippen LogP) is 3.03. The van der Waals surface area contributed by atoms with Crippen molar-refractivity contribution in [1.29, 1.82) is 0 Å². The summed E-state index contributed by atoms with van der Waals surface area (Å²) in [5.74, 6) is -0.898. The second-order valence-corrected chi connectivity index (χ2v) is 4.24. The van der Waals surface area contributed by atoms with E-state index in [0.717, 1.165) is 11.1 Å². The number of Topliss-reactive ketones (excluding diaryl/α,β-unsaturated/α-hetero) is 1. The third-order valence-corrected chi connectivity index (χ3v) is 3.01. The summed E-state index contributed by atoms with van der Waals surface area (Å²) in [6.07, 6.45) is 0. The van der Waals surface area contributed by atoms with Crippen LogP contribution in [0.3, 0.4) is 0 Å². The Labute approximate surface area is 96.6 Å². The lowest BCUT2D eigenvalue weighted by Gasteiger charge is -2.06. The number of carbonyl (C=O) groups excluding carboxylic acids is 1. The van der Waals surface area contributed by atoms with Crippen LogP contribution in [0.15, 0.2) is 29.0 Å². The van der Waals surface area contributed by atoms with Crippen molar-refractivity contribution in [3.63, 3.8) is 0 Å². The molecule has 0 saturated carbocycles. The second kappa shape index (κ2) is 3.98. The number of aromatic hydroxyl groups is 2. The number of phenols is 2. The Morgan fingerprint density at radius 3 is 2.56 bits per heavy atom. The van der Waals surface area contributed by atoms with Crippen LogP contribution in [0.4, 0.5) is 0 Å². The van der Waals surface area contributed by atoms with E-state index >= 15 is 0 Å². The quantitative estimate of drug-likeness (QED) is 0.620. The summed E-state index contributed by atoms with van der Waals surface area (Å²) in [6.45, 7) is 1.35. The average Bonchev–Trinajstić information content (AvgIpc) is 2.74. The molecule has 2 N–H and O–H groups in total. The molecule has 0 spiro atoms. The van der Waals surface area contributed by atoms with Crippen LogP contribution in [-0.4, -0.2) is 16.0 Å². The lowest BCUT2D eigenvalue weighted by atomic mass is 10.0. The molecule has 16 heavy (non-hydrogen) atoms. The summed E-state index contributed by atoms with van der Waals surface area (Å²) in [4.78, 5) is 11.3. The molecule has 4 heteroatoms. The number of hydrogen-bond donors (Lipinski definition) is 2. The van der Waals surface area contributed by atoms with Gasteiger partial charge in [-0.05, 0) is 47.0 Å². The minimum atomic E-state index is -0.355. The molecule has 0 fully saturated rings. The van der Waals surface area contributed by atoms with Crippen LogP contribution < -0.4 is 0 Å². The molecule has 1 aromatic heterocycles. The standard InChI is InChI=1S/C12H10O3S/c1-7(13)10-4-9(5-11(14)12(10)15)8-2-3-16-6-8/h2-6,14-15H,1H3. The summed E-state index contributed by atoms with van der Waals surface area (Å²) < 4.78 is 0. The van der Waals surface area contributed by atoms with Crippen LogP contribution in [-0.2, 0) is 0 Å². The summed E-state index contributed by atoms with van der Waals surface area (Å²) in [6, 6.07) is 4.92. The van der Waals surface area contributed by atoms with E-state index in [1.54, 1.807) is 6.07 Å². The maximum absolute atomic E-state index is 11.3. The van der Waals surface area contributed by atoms with Crippen molar-refractivity contribution in [3.8, 4) is 22.6 Å². The summed E-state index contributed by atoms with van der Waals surface area (Å²) in [5.41, 5.74) is 1.78. The fourth-order valence-electron chi connectivity index (χ4n) is 1.48. The maximum atomic E-state index is 11.3. The number of ketones is 1. The predicted molar refractivity (Wildman–Crippen MR) is 63.1 cm³/mol. The molecular formula is C12H10O3S. The molecule has 2 rings (SSSR count). The monoisotopic (exact) mass is 234 g/mol. The zero-order chi connectivity index (χ0) is 11.7. The van der Waals surface area contributed by atoms with Gasteiger partial charge in [-0.2, -0.15) is 11.3 Å². The van der Waals surface area contributed by atoms with E-state index in [0.29, 0.717) is 0 Å². The van der Waals surface area contributed by atoms with Crippen LogP contribution in [0.5, 0.6) is 11.5 Å². The Kier molecular flexibility index (Phi) is 2.66. The van der Waals surface area contributed by atoms with Gasteiger partial charge < -0.3 is 10.2 Å². The van der Waals surface area contributed by atoms with Crippen molar-refractivity contribution in [2.24, 2.45) is 0 Å². The maximum Gasteiger partial charge on any atom is 0.168 e. The first-order valence-electron chi connectivity index (χ1n) is 4.69. The molecule has 0 aliphatic carbocycles. The van der Waals surface area contributed by atoms with Gasteiger partial charge in [-0.1, -0.05) is 0 Å². The van der Waals surface area contributed by atoms with Crippen molar-refractivity contribution in [2.75, 3.05) is 0 Å². The molecule has 0 aliphatic heterocycles. The van der Waals surface area contributed by atoms with Gasteiger partial charge in [-0.3, -0.25) is 4.79 Å². The van der Waals surface area contributed by atoms with E-state index < -0.39 is 0 Å². The summed E-state index contributed by atoms with van der Waals surface area (Å²) in [5, 5.41) is 22.9. The molecule has 0 bridgehead atoms. The van der Waals surface area contributed by atoms with Gasteiger partial charge >= 0.3 is 0 Å². The van der Waals surface area contributed by atoms with Crippen molar-refractivity contribution in [2.45, 2.75) is 6.92 Å². The Balaban J connectivity index is 2.62. The first kappa shape index (κ1) is 10.7. The highest BCUT2D eigenvalue weighted by atomic mass is 32.1. The van der Waals surface area contributed by atoms with Crippen LogP contribution >= 0.6 is 11.3 Å². The molecule has 1 aromatic carbocycles. The zero-order valence-corrected chi connectivity index (χ0v) is 9.41. The minimum Gasteiger partial charge on any atom is -0.504 e. The van der Waals surface area contributed by atoms with E-state index in [9.17, 15) is 15.0 Å². The van der Waals surface area contributed by atoms with Gasteiger partial charge in [-0.15, -0.1) is 0 Å². The molecule has 0 saturated heterocycles. The van der Waals surface area contributed by atoms with Crippen molar-refractivity contribution in [1.82, 2.24) is 0 Å². The van der Waals surface area contributed by atoms with Crippen LogP contribution in [0.25, 0.3) is 11.1 Å². The number of benzene rings is 1. The highest BCUT2D eigenvalue weighted by Crippen LogP contribution is 2.35. The van der Waals surface area contributed by atoms with Gasteiger partial charge in [-0.25, -0.2) is 0 Å². The molecule has 0 aliphatic rings.